The first-order valence-corrected chi connectivity index (χ1v) is 12.2. The first-order chi connectivity index (χ1) is 14.9. The third-order valence-corrected chi connectivity index (χ3v) is 7.57. The van der Waals surface area contributed by atoms with Gasteiger partial charge in [-0.1, -0.05) is 47.4 Å². The fraction of sp³-hybridized carbons (Fsp3) is 0.308. The Bertz CT molecular complexity index is 1270. The number of hydrogen-bond donors (Lipinski definition) is 0. The van der Waals surface area contributed by atoms with Crippen molar-refractivity contribution in [1.82, 2.24) is 8.87 Å². The van der Waals surface area contributed by atoms with Crippen molar-refractivity contribution in [3.63, 3.8) is 0 Å². The fourth-order valence-electron chi connectivity index (χ4n) is 3.99. The Labute approximate surface area is 185 Å². The van der Waals surface area contributed by atoms with Crippen LogP contribution in [0.3, 0.4) is 0 Å². The molecule has 0 amide bonds. The second-order valence-electron chi connectivity index (χ2n) is 8.12. The zero-order chi connectivity index (χ0) is 21.8. The molecule has 0 bridgehead atoms. The molecule has 0 N–H and O–H groups in total. The van der Waals surface area contributed by atoms with E-state index in [4.69, 9.17) is 0 Å². The van der Waals surface area contributed by atoms with Crippen molar-refractivity contribution in [2.24, 2.45) is 7.05 Å². The van der Waals surface area contributed by atoms with Crippen LogP contribution in [0.15, 0.2) is 71.3 Å². The van der Waals surface area contributed by atoms with Crippen LogP contribution in [-0.4, -0.2) is 23.8 Å². The Kier molecular flexibility index (Phi) is 6.20. The van der Waals surface area contributed by atoms with Crippen LogP contribution in [0.5, 0.6) is 0 Å². The maximum atomic E-state index is 12.9. The van der Waals surface area contributed by atoms with Crippen molar-refractivity contribution < 1.29 is 8.42 Å². The molecule has 0 saturated carbocycles. The molecule has 1 aliphatic heterocycles. The Morgan fingerprint density at radius 1 is 1.06 bits per heavy atom. The predicted octanol–water partition coefficient (Wildman–Crippen LogP) is 5.38. The SMILES string of the molecule is Cc1ccc(S(=O)(=O)N2C=C(CCCC#Cc3cc4ccccc4n3C)CCC2)cc1. The van der Waals surface area contributed by atoms with Crippen LogP contribution in [0.4, 0.5) is 0 Å². The minimum absolute atomic E-state index is 0.358. The molecule has 1 aliphatic rings. The summed E-state index contributed by atoms with van der Waals surface area (Å²) in [5, 5.41) is 1.21. The number of aryl methyl sites for hydroxylation is 2. The first-order valence-electron chi connectivity index (χ1n) is 10.8. The lowest BCUT2D eigenvalue weighted by Crippen LogP contribution is -2.30. The van der Waals surface area contributed by atoms with E-state index in [2.05, 4.69) is 34.6 Å². The van der Waals surface area contributed by atoms with Gasteiger partial charge >= 0.3 is 0 Å². The number of fused-ring (bicyclic) bond motifs is 1. The predicted molar refractivity (Wildman–Crippen MR) is 126 cm³/mol. The van der Waals surface area contributed by atoms with Gasteiger partial charge in [0.1, 0.15) is 0 Å². The van der Waals surface area contributed by atoms with Gasteiger partial charge in [-0.05, 0) is 62.8 Å². The Morgan fingerprint density at radius 2 is 1.84 bits per heavy atom. The van der Waals surface area contributed by atoms with Crippen molar-refractivity contribution in [3.05, 3.63) is 77.6 Å². The highest BCUT2D eigenvalue weighted by atomic mass is 32.2. The molecular weight excluding hydrogens is 404 g/mol. The van der Waals surface area contributed by atoms with E-state index < -0.39 is 10.0 Å². The molecule has 0 aliphatic carbocycles. The van der Waals surface area contributed by atoms with Gasteiger partial charge < -0.3 is 4.57 Å². The van der Waals surface area contributed by atoms with Gasteiger partial charge in [0.05, 0.1) is 10.6 Å². The molecule has 31 heavy (non-hydrogen) atoms. The summed E-state index contributed by atoms with van der Waals surface area (Å²) in [5.74, 6) is 6.57. The maximum absolute atomic E-state index is 12.9. The van der Waals surface area contributed by atoms with Gasteiger partial charge in [-0.15, -0.1) is 0 Å². The molecule has 0 saturated heterocycles. The Morgan fingerprint density at radius 3 is 2.61 bits per heavy atom. The van der Waals surface area contributed by atoms with Gasteiger partial charge in [0.2, 0.25) is 0 Å². The highest BCUT2D eigenvalue weighted by molar-refractivity contribution is 7.89. The molecule has 1 aromatic heterocycles. The molecule has 2 heterocycles. The second-order valence-corrected chi connectivity index (χ2v) is 10.0. The van der Waals surface area contributed by atoms with Crippen LogP contribution in [-0.2, 0) is 17.1 Å². The Balaban J connectivity index is 1.37. The zero-order valence-corrected chi connectivity index (χ0v) is 19.0. The highest BCUT2D eigenvalue weighted by Crippen LogP contribution is 2.25. The average Bonchev–Trinajstić information content (AvgIpc) is 3.10. The van der Waals surface area contributed by atoms with Crippen LogP contribution in [0, 0.1) is 18.8 Å². The number of rotatable bonds is 5. The minimum atomic E-state index is -3.47. The van der Waals surface area contributed by atoms with E-state index in [-0.39, 0.29) is 0 Å². The molecule has 0 atom stereocenters. The molecular formula is C26H28N2O2S. The highest BCUT2D eigenvalue weighted by Gasteiger charge is 2.24. The molecule has 4 nitrogen and oxygen atoms in total. The summed E-state index contributed by atoms with van der Waals surface area (Å²) in [5.41, 5.74) is 4.45. The second kappa shape index (κ2) is 9.03. The number of benzene rings is 2. The van der Waals surface area contributed by atoms with Crippen molar-refractivity contribution in [2.75, 3.05) is 6.54 Å². The summed E-state index contributed by atoms with van der Waals surface area (Å²) in [7, 11) is -1.43. The van der Waals surface area contributed by atoms with Crippen molar-refractivity contribution in [2.45, 2.75) is 43.9 Å². The van der Waals surface area contributed by atoms with E-state index in [1.54, 1.807) is 12.1 Å². The molecule has 0 spiro atoms. The molecule has 4 rings (SSSR count). The van der Waals surface area contributed by atoms with Gasteiger partial charge in [-0.25, -0.2) is 8.42 Å². The summed E-state index contributed by atoms with van der Waals surface area (Å²) < 4.78 is 29.5. The topological polar surface area (TPSA) is 42.3 Å². The molecule has 3 aromatic rings. The van der Waals surface area contributed by atoms with Crippen LogP contribution in [0.2, 0.25) is 0 Å². The van der Waals surface area contributed by atoms with E-state index in [0.29, 0.717) is 11.4 Å². The van der Waals surface area contributed by atoms with E-state index in [0.717, 1.165) is 43.4 Å². The molecule has 160 valence electrons. The number of hydrogen-bond acceptors (Lipinski definition) is 2. The number of aromatic nitrogens is 1. The lowest BCUT2D eigenvalue weighted by Gasteiger charge is -2.26. The maximum Gasteiger partial charge on any atom is 0.263 e. The molecule has 5 heteroatoms. The normalized spacial score (nSPS) is 14.3. The molecule has 0 fully saturated rings. The molecule has 2 aromatic carbocycles. The van der Waals surface area contributed by atoms with Gasteiger partial charge in [-0.2, -0.15) is 0 Å². The van der Waals surface area contributed by atoms with E-state index in [9.17, 15) is 8.42 Å². The lowest BCUT2D eigenvalue weighted by atomic mass is 10.0. The van der Waals surface area contributed by atoms with Gasteiger partial charge in [0.25, 0.3) is 10.0 Å². The van der Waals surface area contributed by atoms with Crippen LogP contribution < -0.4 is 0 Å². The smallest absolute Gasteiger partial charge is 0.263 e. The average molecular weight is 433 g/mol. The monoisotopic (exact) mass is 432 g/mol. The summed E-state index contributed by atoms with van der Waals surface area (Å²) in [6.07, 6.45) is 6.26. The fourth-order valence-corrected chi connectivity index (χ4v) is 5.39. The summed E-state index contributed by atoms with van der Waals surface area (Å²) in [4.78, 5) is 0.358. The third kappa shape index (κ3) is 4.70. The zero-order valence-electron chi connectivity index (χ0n) is 18.1. The number of nitrogens with zero attached hydrogens (tertiary/aromatic N) is 2. The summed E-state index contributed by atoms with van der Waals surface area (Å²) in [6.45, 7) is 2.50. The summed E-state index contributed by atoms with van der Waals surface area (Å²) in [6, 6.07) is 17.5. The van der Waals surface area contributed by atoms with Crippen LogP contribution in [0.1, 0.15) is 43.4 Å². The number of sulfonamides is 1. The number of para-hydroxylation sites is 1. The van der Waals surface area contributed by atoms with Crippen molar-refractivity contribution in [3.8, 4) is 11.8 Å². The summed E-state index contributed by atoms with van der Waals surface area (Å²) >= 11 is 0. The van der Waals surface area contributed by atoms with Gasteiger partial charge in [0, 0.05) is 37.1 Å². The lowest BCUT2D eigenvalue weighted by molar-refractivity contribution is 0.463. The van der Waals surface area contributed by atoms with E-state index >= 15 is 0 Å². The number of allylic oxidation sites excluding steroid dienone is 1. The van der Waals surface area contributed by atoms with Crippen molar-refractivity contribution >= 4 is 20.9 Å². The largest absolute Gasteiger partial charge is 0.337 e. The third-order valence-electron chi connectivity index (χ3n) is 5.80. The van der Waals surface area contributed by atoms with Gasteiger partial charge in [-0.3, -0.25) is 4.31 Å². The standard InChI is InChI=1S/C26H28N2O2S/c1-21-14-16-25(17-15-21)31(29,30)28-18-8-10-22(20-28)9-4-3-5-12-24-19-23-11-6-7-13-26(23)27(24)2/h6-7,11,13-17,19-20H,3-4,8-10,18H2,1-2H3. The van der Waals surface area contributed by atoms with Gasteiger partial charge in [0.15, 0.2) is 0 Å². The van der Waals surface area contributed by atoms with Crippen LogP contribution in [0.25, 0.3) is 10.9 Å². The number of unbranched alkanes of at least 4 members (excludes halogenated alkanes) is 1. The van der Waals surface area contributed by atoms with Crippen molar-refractivity contribution in [1.29, 1.82) is 0 Å². The first kappa shape index (κ1) is 21.3. The van der Waals surface area contributed by atoms with Crippen LogP contribution >= 0.6 is 0 Å². The molecule has 0 unspecified atom stereocenters. The van der Waals surface area contributed by atoms with E-state index in [1.165, 1.54) is 20.8 Å². The van der Waals surface area contributed by atoms with E-state index in [1.807, 2.05) is 44.4 Å². The minimum Gasteiger partial charge on any atom is -0.337 e. The quantitative estimate of drug-likeness (QED) is 0.401. The Hall–Kier alpha value is -2.97. The molecule has 0 radical (unpaired) electrons.